The van der Waals surface area contributed by atoms with Crippen LogP contribution in [0.25, 0.3) is 0 Å². The molecule has 5 heteroatoms. The fourth-order valence-electron chi connectivity index (χ4n) is 2.53. The van der Waals surface area contributed by atoms with E-state index in [1.54, 1.807) is 7.05 Å². The lowest BCUT2D eigenvalue weighted by molar-refractivity contribution is -0.130. The van der Waals surface area contributed by atoms with E-state index in [2.05, 4.69) is 26.1 Å². The Balaban J connectivity index is 2.11. The fourth-order valence-corrected chi connectivity index (χ4v) is 2.53. The predicted molar refractivity (Wildman–Crippen MR) is 94.9 cm³/mol. The zero-order valence-electron chi connectivity index (χ0n) is 15.2. The summed E-state index contributed by atoms with van der Waals surface area (Å²) in [6.45, 7) is 7.92. The summed E-state index contributed by atoms with van der Waals surface area (Å²) in [6.07, 6.45) is 0.768. The summed E-state index contributed by atoms with van der Waals surface area (Å²) < 4.78 is 0. The molecular weight excluding hydrogens is 304 g/mol. The molecule has 2 atom stereocenters. The van der Waals surface area contributed by atoms with Crippen LogP contribution in [-0.4, -0.2) is 36.1 Å². The van der Waals surface area contributed by atoms with Gasteiger partial charge in [-0.05, 0) is 42.9 Å². The molecule has 24 heavy (non-hydrogen) atoms. The Labute approximate surface area is 144 Å². The molecule has 0 heterocycles. The maximum atomic E-state index is 12.7. The summed E-state index contributed by atoms with van der Waals surface area (Å²) in [6, 6.07) is 6.85. The Bertz CT molecular complexity index is 598. The van der Waals surface area contributed by atoms with Crippen molar-refractivity contribution in [3.05, 3.63) is 29.8 Å². The molecule has 1 aliphatic rings. The van der Waals surface area contributed by atoms with Crippen LogP contribution in [0.1, 0.15) is 46.1 Å². The van der Waals surface area contributed by atoms with Crippen LogP contribution in [0, 0.1) is 5.92 Å². The zero-order valence-corrected chi connectivity index (χ0v) is 15.2. The molecule has 0 saturated heterocycles. The van der Waals surface area contributed by atoms with Crippen LogP contribution in [0.3, 0.4) is 0 Å². The summed E-state index contributed by atoms with van der Waals surface area (Å²) in [5.41, 5.74) is 1.96. The monoisotopic (exact) mass is 332 g/mol. The van der Waals surface area contributed by atoms with Crippen molar-refractivity contribution in [1.29, 1.82) is 0 Å². The molecule has 1 aromatic carbocycles. The standard InChI is InChI=1S/C19H28N2O3/c1-12(22)16(20-17(23)13-6-7-13)18(24)21(5)15-10-8-14(9-11-15)19(2,3)4/h8-13,16,22H,6-7H2,1-5H3,(H,20,23). The van der Waals surface area contributed by atoms with Crippen LogP contribution >= 0.6 is 0 Å². The first-order valence-corrected chi connectivity index (χ1v) is 8.48. The van der Waals surface area contributed by atoms with Crippen molar-refractivity contribution in [2.24, 2.45) is 5.92 Å². The summed E-state index contributed by atoms with van der Waals surface area (Å²) in [5.74, 6) is -0.469. The number of carbonyl (C=O) groups excluding carboxylic acids is 2. The van der Waals surface area contributed by atoms with Crippen molar-refractivity contribution in [1.82, 2.24) is 5.32 Å². The van der Waals surface area contributed by atoms with Crippen molar-refractivity contribution in [3.8, 4) is 0 Å². The molecule has 5 nitrogen and oxygen atoms in total. The number of nitrogens with one attached hydrogen (secondary N) is 1. The van der Waals surface area contributed by atoms with Gasteiger partial charge in [0.05, 0.1) is 6.10 Å². The molecule has 132 valence electrons. The van der Waals surface area contributed by atoms with Crippen LogP contribution < -0.4 is 10.2 Å². The van der Waals surface area contributed by atoms with E-state index in [-0.39, 0.29) is 23.1 Å². The summed E-state index contributed by atoms with van der Waals surface area (Å²) in [5, 5.41) is 12.6. The average molecular weight is 332 g/mol. The Hall–Kier alpha value is -1.88. The minimum absolute atomic E-state index is 0.00424. The number of benzene rings is 1. The smallest absolute Gasteiger partial charge is 0.251 e. The highest BCUT2D eigenvalue weighted by molar-refractivity contribution is 5.99. The van der Waals surface area contributed by atoms with Crippen molar-refractivity contribution in [2.75, 3.05) is 11.9 Å². The van der Waals surface area contributed by atoms with Crippen LogP contribution in [0.2, 0.25) is 0 Å². The van der Waals surface area contributed by atoms with Crippen LogP contribution in [0.5, 0.6) is 0 Å². The number of rotatable bonds is 5. The van der Waals surface area contributed by atoms with Crippen molar-refractivity contribution < 1.29 is 14.7 Å². The van der Waals surface area contributed by atoms with Crippen LogP contribution in [0.4, 0.5) is 5.69 Å². The van der Waals surface area contributed by atoms with Gasteiger partial charge in [-0.15, -0.1) is 0 Å². The number of likely N-dealkylation sites (N-methyl/N-ethyl adjacent to an activating group) is 1. The van der Waals surface area contributed by atoms with E-state index < -0.39 is 12.1 Å². The van der Waals surface area contributed by atoms with E-state index in [4.69, 9.17) is 0 Å². The lowest BCUT2D eigenvalue weighted by Gasteiger charge is -2.27. The van der Waals surface area contributed by atoms with Crippen LogP contribution in [-0.2, 0) is 15.0 Å². The minimum Gasteiger partial charge on any atom is -0.391 e. The minimum atomic E-state index is -0.948. The van der Waals surface area contributed by atoms with E-state index in [0.717, 1.165) is 18.5 Å². The van der Waals surface area contributed by atoms with Gasteiger partial charge in [0.15, 0.2) is 0 Å². The molecule has 2 N–H and O–H groups in total. The van der Waals surface area contributed by atoms with Gasteiger partial charge in [0.1, 0.15) is 6.04 Å². The largest absolute Gasteiger partial charge is 0.391 e. The number of aliphatic hydroxyl groups is 1. The predicted octanol–water partition coefficient (Wildman–Crippen LogP) is 2.22. The molecule has 0 spiro atoms. The number of aliphatic hydroxyl groups excluding tert-OH is 1. The first-order chi connectivity index (χ1) is 11.1. The van der Waals surface area contributed by atoms with Crippen molar-refractivity contribution in [3.63, 3.8) is 0 Å². The number of anilines is 1. The molecule has 1 saturated carbocycles. The van der Waals surface area contributed by atoms with E-state index >= 15 is 0 Å². The SMILES string of the molecule is CC(O)C(NC(=O)C1CC1)C(=O)N(C)c1ccc(C(C)(C)C)cc1. The van der Waals surface area contributed by atoms with Gasteiger partial charge in [-0.3, -0.25) is 9.59 Å². The van der Waals surface area contributed by atoms with E-state index in [1.807, 2.05) is 24.3 Å². The summed E-state index contributed by atoms with van der Waals surface area (Å²) in [4.78, 5) is 26.1. The third-order valence-electron chi connectivity index (χ3n) is 4.45. The Morgan fingerprint density at radius 3 is 2.17 bits per heavy atom. The molecular formula is C19H28N2O3. The molecule has 2 amide bonds. The highest BCUT2D eigenvalue weighted by Gasteiger charge is 2.35. The number of nitrogens with zero attached hydrogens (tertiary/aromatic N) is 1. The first-order valence-electron chi connectivity index (χ1n) is 8.48. The van der Waals surface area contributed by atoms with Crippen LogP contribution in [0.15, 0.2) is 24.3 Å². The highest BCUT2D eigenvalue weighted by atomic mass is 16.3. The molecule has 2 rings (SSSR count). The van der Waals surface area contributed by atoms with Gasteiger partial charge in [0.2, 0.25) is 5.91 Å². The molecule has 1 aromatic rings. The summed E-state index contributed by atoms with van der Waals surface area (Å²) >= 11 is 0. The highest BCUT2D eigenvalue weighted by Crippen LogP contribution is 2.29. The maximum absolute atomic E-state index is 12.7. The number of hydrogen-bond donors (Lipinski definition) is 2. The lowest BCUT2D eigenvalue weighted by Crippen LogP contribution is -2.53. The van der Waals surface area contributed by atoms with E-state index in [0.29, 0.717) is 0 Å². The van der Waals surface area contributed by atoms with E-state index in [9.17, 15) is 14.7 Å². The second kappa shape index (κ2) is 6.93. The Morgan fingerprint density at radius 2 is 1.75 bits per heavy atom. The second-order valence-corrected chi connectivity index (χ2v) is 7.70. The topological polar surface area (TPSA) is 69.6 Å². The molecule has 0 radical (unpaired) electrons. The third-order valence-corrected chi connectivity index (χ3v) is 4.45. The molecule has 1 fully saturated rings. The Kier molecular flexibility index (Phi) is 5.33. The molecule has 0 aliphatic heterocycles. The maximum Gasteiger partial charge on any atom is 0.251 e. The molecule has 2 unspecified atom stereocenters. The van der Waals surface area contributed by atoms with Gasteiger partial charge >= 0.3 is 0 Å². The number of hydrogen-bond acceptors (Lipinski definition) is 3. The normalized spacial score (nSPS) is 17.1. The Morgan fingerprint density at radius 1 is 1.21 bits per heavy atom. The average Bonchev–Trinajstić information content (AvgIpc) is 3.34. The van der Waals surface area contributed by atoms with Gasteiger partial charge in [-0.25, -0.2) is 0 Å². The van der Waals surface area contributed by atoms with Gasteiger partial charge in [-0.1, -0.05) is 32.9 Å². The second-order valence-electron chi connectivity index (χ2n) is 7.70. The molecule has 0 aromatic heterocycles. The fraction of sp³-hybridized carbons (Fsp3) is 0.579. The van der Waals surface area contributed by atoms with Gasteiger partial charge in [0, 0.05) is 18.7 Å². The first kappa shape index (κ1) is 18.5. The zero-order chi connectivity index (χ0) is 18.1. The quantitative estimate of drug-likeness (QED) is 0.869. The lowest BCUT2D eigenvalue weighted by atomic mass is 9.87. The van der Waals surface area contributed by atoms with Gasteiger partial charge < -0.3 is 15.3 Å². The molecule has 0 bridgehead atoms. The number of carbonyl (C=O) groups is 2. The van der Waals surface area contributed by atoms with Crippen molar-refractivity contribution >= 4 is 17.5 Å². The number of amides is 2. The van der Waals surface area contributed by atoms with Gasteiger partial charge in [-0.2, -0.15) is 0 Å². The van der Waals surface area contributed by atoms with Crippen molar-refractivity contribution in [2.45, 2.75) is 58.1 Å². The van der Waals surface area contributed by atoms with E-state index in [1.165, 1.54) is 17.4 Å². The third kappa shape index (κ3) is 4.35. The summed E-state index contributed by atoms with van der Waals surface area (Å²) in [7, 11) is 1.66. The van der Waals surface area contributed by atoms with Gasteiger partial charge in [0.25, 0.3) is 5.91 Å². The molecule has 1 aliphatic carbocycles.